The fraction of sp³-hybridized carbons (Fsp3) is 0.182. The second-order valence-corrected chi connectivity index (χ2v) is 7.25. The van der Waals surface area contributed by atoms with E-state index >= 15 is 0 Å². The normalized spacial score (nSPS) is 10.8. The molecule has 166 valence electrons. The Labute approximate surface area is 188 Å². The maximum Gasteiger partial charge on any atom is 0.325 e. The third kappa shape index (κ3) is 6.08. The number of aromatic amines is 2. The molecule has 1 heterocycles. The number of hydrogen-bond acceptors (Lipinski definition) is 6. The molecule has 0 saturated heterocycles. The van der Waals surface area contributed by atoms with Crippen LogP contribution in [0.2, 0.25) is 5.02 Å². The van der Waals surface area contributed by atoms with E-state index in [9.17, 15) is 14.4 Å². The standard InChI is InChI=1S/C22H21ClN4O5/c1-13-17(21(29)26-22(30)25-13)10-20(28)27-24-11-14-6-7-18(19(9-14)31-2)32-12-15-4-3-5-16(23)8-15/h3-9,11H,10,12H2,1-2H3,(H,27,28)(H2,25,26,29,30)/b24-11-. The number of aromatic nitrogens is 2. The number of methoxy groups -OCH3 is 1. The second-order valence-electron chi connectivity index (χ2n) is 6.81. The zero-order valence-electron chi connectivity index (χ0n) is 17.4. The predicted molar refractivity (Wildman–Crippen MR) is 121 cm³/mol. The van der Waals surface area contributed by atoms with E-state index < -0.39 is 17.2 Å². The fourth-order valence-corrected chi connectivity index (χ4v) is 3.10. The lowest BCUT2D eigenvalue weighted by molar-refractivity contribution is -0.120. The van der Waals surface area contributed by atoms with Crippen molar-refractivity contribution in [1.29, 1.82) is 0 Å². The lowest BCUT2D eigenvalue weighted by Gasteiger charge is -2.11. The van der Waals surface area contributed by atoms with Gasteiger partial charge in [-0.25, -0.2) is 10.2 Å². The number of benzene rings is 2. The van der Waals surface area contributed by atoms with Crippen LogP contribution in [-0.2, 0) is 17.8 Å². The van der Waals surface area contributed by atoms with E-state index in [0.29, 0.717) is 34.4 Å². The van der Waals surface area contributed by atoms with Crippen LogP contribution in [0.15, 0.2) is 57.2 Å². The molecule has 3 N–H and O–H groups in total. The van der Waals surface area contributed by atoms with Gasteiger partial charge in [0.25, 0.3) is 5.56 Å². The highest BCUT2D eigenvalue weighted by Gasteiger charge is 2.11. The Hall–Kier alpha value is -3.85. The second kappa shape index (κ2) is 10.5. The summed E-state index contributed by atoms with van der Waals surface area (Å²) < 4.78 is 11.2. The molecule has 0 saturated carbocycles. The first-order valence-electron chi connectivity index (χ1n) is 9.55. The molecule has 0 fully saturated rings. The monoisotopic (exact) mass is 456 g/mol. The van der Waals surface area contributed by atoms with E-state index in [1.807, 2.05) is 18.2 Å². The van der Waals surface area contributed by atoms with Crippen LogP contribution < -0.4 is 26.1 Å². The first kappa shape index (κ1) is 22.8. The van der Waals surface area contributed by atoms with Gasteiger partial charge >= 0.3 is 5.69 Å². The van der Waals surface area contributed by atoms with Crippen LogP contribution in [0.25, 0.3) is 0 Å². The minimum absolute atomic E-state index is 0.167. The third-order valence-corrected chi connectivity index (χ3v) is 4.70. The number of carbonyl (C=O) groups excluding carboxylic acids is 1. The van der Waals surface area contributed by atoms with Crippen molar-refractivity contribution in [3.8, 4) is 11.5 Å². The van der Waals surface area contributed by atoms with E-state index in [2.05, 4.69) is 20.5 Å². The molecule has 0 atom stereocenters. The molecule has 0 aliphatic heterocycles. The molecule has 32 heavy (non-hydrogen) atoms. The van der Waals surface area contributed by atoms with Crippen molar-refractivity contribution in [3.05, 3.63) is 90.7 Å². The SMILES string of the molecule is COc1cc(/C=N\NC(=O)Cc2c(C)[nH]c(=O)[nH]c2=O)ccc1OCc1cccc(Cl)c1. The maximum absolute atomic E-state index is 12.1. The Balaban J connectivity index is 1.61. The van der Waals surface area contributed by atoms with Crippen LogP contribution >= 0.6 is 11.6 Å². The van der Waals surface area contributed by atoms with Crippen molar-refractivity contribution >= 4 is 23.7 Å². The minimum atomic E-state index is -0.622. The first-order valence-corrected chi connectivity index (χ1v) is 9.93. The number of aryl methyl sites for hydroxylation is 1. The molecule has 3 rings (SSSR count). The lowest BCUT2D eigenvalue weighted by Crippen LogP contribution is -2.30. The van der Waals surface area contributed by atoms with Crippen LogP contribution in [0.3, 0.4) is 0 Å². The van der Waals surface area contributed by atoms with Crippen LogP contribution in [0, 0.1) is 6.92 Å². The Morgan fingerprint density at radius 1 is 1.16 bits per heavy atom. The highest BCUT2D eigenvalue weighted by atomic mass is 35.5. The molecule has 0 aliphatic rings. The molecule has 9 nitrogen and oxygen atoms in total. The van der Waals surface area contributed by atoms with Crippen LogP contribution in [0.1, 0.15) is 22.4 Å². The van der Waals surface area contributed by atoms with Crippen LogP contribution in [0.5, 0.6) is 11.5 Å². The third-order valence-electron chi connectivity index (χ3n) is 4.47. The molecule has 1 amide bonds. The zero-order valence-corrected chi connectivity index (χ0v) is 18.2. The smallest absolute Gasteiger partial charge is 0.325 e. The van der Waals surface area contributed by atoms with Gasteiger partial charge in [-0.2, -0.15) is 5.10 Å². The number of amides is 1. The Morgan fingerprint density at radius 3 is 2.69 bits per heavy atom. The molecule has 1 aromatic heterocycles. The van der Waals surface area contributed by atoms with Gasteiger partial charge in [-0.3, -0.25) is 14.6 Å². The van der Waals surface area contributed by atoms with E-state index in [1.54, 1.807) is 31.2 Å². The Bertz CT molecular complexity index is 1270. The first-order chi connectivity index (χ1) is 15.4. The van der Waals surface area contributed by atoms with Crippen molar-refractivity contribution in [2.75, 3.05) is 7.11 Å². The summed E-state index contributed by atoms with van der Waals surface area (Å²) >= 11 is 5.99. The summed E-state index contributed by atoms with van der Waals surface area (Å²) in [7, 11) is 1.52. The van der Waals surface area contributed by atoms with Gasteiger partial charge in [-0.05, 0) is 48.4 Å². The molecular formula is C22H21ClN4O5. The molecule has 10 heteroatoms. The summed E-state index contributed by atoms with van der Waals surface area (Å²) in [5.74, 6) is 0.537. The summed E-state index contributed by atoms with van der Waals surface area (Å²) in [6.45, 7) is 1.87. The minimum Gasteiger partial charge on any atom is -0.493 e. The molecule has 3 aromatic rings. The van der Waals surface area contributed by atoms with Crippen LogP contribution in [-0.4, -0.2) is 29.2 Å². The topological polar surface area (TPSA) is 126 Å². The molecule has 0 aliphatic carbocycles. The number of hydrazone groups is 1. The number of ether oxygens (including phenoxy) is 2. The van der Waals surface area contributed by atoms with Crippen molar-refractivity contribution < 1.29 is 14.3 Å². The van der Waals surface area contributed by atoms with E-state index in [1.165, 1.54) is 13.3 Å². The Kier molecular flexibility index (Phi) is 7.45. The average Bonchev–Trinajstić information content (AvgIpc) is 2.75. The van der Waals surface area contributed by atoms with Crippen LogP contribution in [0.4, 0.5) is 0 Å². The zero-order chi connectivity index (χ0) is 23.1. The number of H-pyrrole nitrogens is 2. The lowest BCUT2D eigenvalue weighted by atomic mass is 10.1. The number of rotatable bonds is 8. The summed E-state index contributed by atoms with van der Waals surface area (Å²) in [4.78, 5) is 39.7. The summed E-state index contributed by atoms with van der Waals surface area (Å²) in [6, 6.07) is 12.6. The molecule has 0 radical (unpaired) electrons. The van der Waals surface area contributed by atoms with Crippen molar-refractivity contribution in [2.45, 2.75) is 20.0 Å². The highest BCUT2D eigenvalue weighted by Crippen LogP contribution is 2.28. The number of nitrogens with zero attached hydrogens (tertiary/aromatic N) is 1. The molecule has 0 spiro atoms. The van der Waals surface area contributed by atoms with Gasteiger partial charge < -0.3 is 14.5 Å². The van der Waals surface area contributed by atoms with Gasteiger partial charge in [0, 0.05) is 16.3 Å². The summed E-state index contributed by atoms with van der Waals surface area (Å²) in [5.41, 5.74) is 3.20. The summed E-state index contributed by atoms with van der Waals surface area (Å²) in [5, 5.41) is 4.53. The van der Waals surface area contributed by atoms with Gasteiger partial charge in [0.15, 0.2) is 11.5 Å². The van der Waals surface area contributed by atoms with Gasteiger partial charge in [0.05, 0.1) is 19.7 Å². The average molecular weight is 457 g/mol. The molecule has 0 unspecified atom stereocenters. The number of halogens is 1. The highest BCUT2D eigenvalue weighted by molar-refractivity contribution is 6.30. The van der Waals surface area contributed by atoms with Gasteiger partial charge in [0.1, 0.15) is 6.61 Å². The number of hydrogen-bond donors (Lipinski definition) is 3. The predicted octanol–water partition coefficient (Wildman–Crippen LogP) is 2.31. The molecule has 2 aromatic carbocycles. The van der Waals surface area contributed by atoms with Crippen molar-refractivity contribution in [2.24, 2.45) is 5.10 Å². The van der Waals surface area contributed by atoms with E-state index in [-0.39, 0.29) is 12.0 Å². The number of carbonyl (C=O) groups is 1. The summed E-state index contributed by atoms with van der Waals surface area (Å²) in [6.07, 6.45) is 1.21. The maximum atomic E-state index is 12.1. The van der Waals surface area contributed by atoms with E-state index in [0.717, 1.165) is 5.56 Å². The van der Waals surface area contributed by atoms with Crippen molar-refractivity contribution in [3.63, 3.8) is 0 Å². The quantitative estimate of drug-likeness (QED) is 0.354. The molecular weight excluding hydrogens is 436 g/mol. The van der Waals surface area contributed by atoms with Crippen molar-refractivity contribution in [1.82, 2.24) is 15.4 Å². The molecule has 0 bridgehead atoms. The number of nitrogens with one attached hydrogen (secondary N) is 3. The Morgan fingerprint density at radius 2 is 1.97 bits per heavy atom. The van der Waals surface area contributed by atoms with Gasteiger partial charge in [-0.15, -0.1) is 0 Å². The van der Waals surface area contributed by atoms with Gasteiger partial charge in [-0.1, -0.05) is 23.7 Å². The van der Waals surface area contributed by atoms with E-state index in [4.69, 9.17) is 21.1 Å². The van der Waals surface area contributed by atoms with Gasteiger partial charge in [0.2, 0.25) is 5.91 Å². The fourth-order valence-electron chi connectivity index (χ4n) is 2.89. The largest absolute Gasteiger partial charge is 0.493 e.